The molecular weight excluding hydrogens is 446 g/mol. The van der Waals surface area contributed by atoms with E-state index >= 15 is 0 Å². The van der Waals surface area contributed by atoms with Gasteiger partial charge in [-0.1, -0.05) is 40.5 Å². The molecule has 0 spiro atoms. The molecule has 0 rings (SSSR count). The van der Waals surface area contributed by atoms with Gasteiger partial charge in [0.05, 0.1) is 6.04 Å². The van der Waals surface area contributed by atoms with Crippen LogP contribution in [0.25, 0.3) is 0 Å². The van der Waals surface area contributed by atoms with Crippen molar-refractivity contribution in [3.8, 4) is 0 Å². The lowest BCUT2D eigenvalue weighted by atomic mass is 9.95. The largest absolute Gasteiger partial charge is 0.480 e. The number of aliphatic carboxylic acids is 1. The van der Waals surface area contributed by atoms with E-state index in [0.717, 1.165) is 6.42 Å². The number of hydrogen-bond donors (Lipinski definition) is 6. The lowest BCUT2D eigenvalue weighted by Gasteiger charge is -2.29. The quantitative estimate of drug-likeness (QED) is 0.159. The van der Waals surface area contributed by atoms with E-state index in [1.165, 1.54) is 11.8 Å². The number of carbonyl (C=O) groups excluding carboxylic acids is 3. The van der Waals surface area contributed by atoms with Crippen LogP contribution in [0.15, 0.2) is 0 Å². The van der Waals surface area contributed by atoms with E-state index in [-0.39, 0.29) is 18.3 Å². The molecule has 0 aromatic carbocycles. The lowest BCUT2D eigenvalue weighted by molar-refractivity contribution is -0.142. The maximum absolute atomic E-state index is 13.1. The highest BCUT2D eigenvalue weighted by molar-refractivity contribution is 7.98. The summed E-state index contributed by atoms with van der Waals surface area (Å²) in [5, 5.41) is 17.4. The van der Waals surface area contributed by atoms with Crippen LogP contribution in [0.4, 0.5) is 0 Å². The number of nitrogens with two attached hydrogens (primary N) is 2. The molecule has 8 N–H and O–H groups in total. The Morgan fingerprint density at radius 3 is 1.97 bits per heavy atom. The fraction of sp³-hybridized carbons (Fsp3) is 0.818. The van der Waals surface area contributed by atoms with Gasteiger partial charge < -0.3 is 32.5 Å². The fourth-order valence-corrected chi connectivity index (χ4v) is 3.61. The first-order valence-electron chi connectivity index (χ1n) is 11.6. The van der Waals surface area contributed by atoms with E-state index in [0.29, 0.717) is 31.6 Å². The number of carbonyl (C=O) groups is 4. The average molecular weight is 490 g/mol. The Hall–Kier alpha value is -1.85. The molecular formula is C22H43N5O5S. The molecule has 0 fully saturated rings. The second-order valence-electron chi connectivity index (χ2n) is 8.67. The van der Waals surface area contributed by atoms with Crippen molar-refractivity contribution in [2.24, 2.45) is 23.3 Å². The summed E-state index contributed by atoms with van der Waals surface area (Å²) < 4.78 is 0. The molecule has 5 atom stereocenters. The van der Waals surface area contributed by atoms with E-state index in [2.05, 4.69) is 16.0 Å². The summed E-state index contributed by atoms with van der Waals surface area (Å²) >= 11 is 1.48. The Bertz CT molecular complexity index is 634. The Morgan fingerprint density at radius 1 is 0.909 bits per heavy atom. The second kappa shape index (κ2) is 16.7. The fourth-order valence-electron chi connectivity index (χ4n) is 3.13. The van der Waals surface area contributed by atoms with Crippen LogP contribution < -0.4 is 27.4 Å². The van der Waals surface area contributed by atoms with Crippen molar-refractivity contribution < 1.29 is 24.3 Å². The van der Waals surface area contributed by atoms with Gasteiger partial charge in [0.1, 0.15) is 18.1 Å². The highest BCUT2D eigenvalue weighted by Crippen LogP contribution is 2.12. The average Bonchev–Trinajstić information content (AvgIpc) is 2.76. The van der Waals surface area contributed by atoms with Crippen LogP contribution in [0, 0.1) is 11.8 Å². The Balaban J connectivity index is 5.35. The van der Waals surface area contributed by atoms with Crippen molar-refractivity contribution in [3.05, 3.63) is 0 Å². The summed E-state index contributed by atoms with van der Waals surface area (Å²) in [6, 6.07) is -3.62. The monoisotopic (exact) mass is 489 g/mol. The second-order valence-corrected chi connectivity index (χ2v) is 9.66. The van der Waals surface area contributed by atoms with Crippen LogP contribution in [0.1, 0.15) is 59.8 Å². The van der Waals surface area contributed by atoms with Gasteiger partial charge in [-0.3, -0.25) is 14.4 Å². The van der Waals surface area contributed by atoms with Gasteiger partial charge in [0.15, 0.2) is 0 Å². The number of carboxylic acids is 1. The van der Waals surface area contributed by atoms with Crippen molar-refractivity contribution >= 4 is 35.5 Å². The molecule has 0 aromatic rings. The molecule has 0 aliphatic heterocycles. The predicted octanol–water partition coefficient (Wildman–Crippen LogP) is 0.437. The lowest BCUT2D eigenvalue weighted by Crippen LogP contribution is -2.59. The molecule has 0 saturated carbocycles. The third kappa shape index (κ3) is 11.7. The molecule has 33 heavy (non-hydrogen) atoms. The number of carboxylic acid groups (broad SMARTS) is 1. The molecule has 10 nitrogen and oxygen atoms in total. The summed E-state index contributed by atoms with van der Waals surface area (Å²) in [5.41, 5.74) is 11.4. The van der Waals surface area contributed by atoms with Gasteiger partial charge in [-0.05, 0) is 49.7 Å². The minimum atomic E-state index is -1.13. The van der Waals surface area contributed by atoms with E-state index in [1.807, 2.05) is 20.1 Å². The van der Waals surface area contributed by atoms with Gasteiger partial charge in [-0.25, -0.2) is 4.79 Å². The highest BCUT2D eigenvalue weighted by Gasteiger charge is 2.33. The first-order valence-corrected chi connectivity index (χ1v) is 13.0. The van der Waals surface area contributed by atoms with Crippen molar-refractivity contribution in [3.63, 3.8) is 0 Å². The van der Waals surface area contributed by atoms with Crippen LogP contribution in [-0.2, 0) is 19.2 Å². The molecule has 192 valence electrons. The normalized spacial score (nSPS) is 15.8. The summed E-state index contributed by atoms with van der Waals surface area (Å²) in [7, 11) is 0. The van der Waals surface area contributed by atoms with Crippen LogP contribution in [0.5, 0.6) is 0 Å². The molecule has 3 amide bonds. The molecule has 0 saturated heterocycles. The number of rotatable bonds is 17. The zero-order valence-corrected chi connectivity index (χ0v) is 21.4. The van der Waals surface area contributed by atoms with Crippen molar-refractivity contribution in [2.75, 3.05) is 18.6 Å². The minimum Gasteiger partial charge on any atom is -0.480 e. The third-order valence-electron chi connectivity index (χ3n) is 5.57. The smallest absolute Gasteiger partial charge is 0.326 e. The maximum atomic E-state index is 13.1. The Labute approximate surface area is 201 Å². The summed E-state index contributed by atoms with van der Waals surface area (Å²) in [5.74, 6) is -2.55. The molecule has 0 bridgehead atoms. The molecule has 0 aromatic heterocycles. The zero-order chi connectivity index (χ0) is 25.6. The van der Waals surface area contributed by atoms with Gasteiger partial charge in [-0.15, -0.1) is 0 Å². The van der Waals surface area contributed by atoms with Crippen molar-refractivity contribution in [1.82, 2.24) is 16.0 Å². The topological polar surface area (TPSA) is 177 Å². The molecule has 11 heteroatoms. The van der Waals surface area contributed by atoms with Gasteiger partial charge in [0.2, 0.25) is 17.7 Å². The summed E-state index contributed by atoms with van der Waals surface area (Å²) in [4.78, 5) is 50.0. The van der Waals surface area contributed by atoms with Gasteiger partial charge in [-0.2, -0.15) is 11.8 Å². The Kier molecular flexibility index (Phi) is 15.8. The molecule has 0 heterocycles. The number of thioether (sulfide) groups is 1. The first kappa shape index (κ1) is 31.1. The van der Waals surface area contributed by atoms with E-state index in [4.69, 9.17) is 11.5 Å². The summed E-state index contributed by atoms with van der Waals surface area (Å²) in [6.07, 6.45) is 4.68. The molecule has 0 radical (unpaired) electrons. The van der Waals surface area contributed by atoms with Crippen molar-refractivity contribution in [2.45, 2.75) is 84.0 Å². The number of nitrogens with one attached hydrogen (secondary N) is 3. The van der Waals surface area contributed by atoms with Crippen molar-refractivity contribution in [1.29, 1.82) is 0 Å². The van der Waals surface area contributed by atoms with E-state index < -0.39 is 47.9 Å². The van der Waals surface area contributed by atoms with Crippen LogP contribution >= 0.6 is 11.8 Å². The van der Waals surface area contributed by atoms with Gasteiger partial charge in [0, 0.05) is 0 Å². The third-order valence-corrected chi connectivity index (χ3v) is 6.22. The highest BCUT2D eigenvalue weighted by atomic mass is 32.2. The van der Waals surface area contributed by atoms with E-state index in [9.17, 15) is 24.3 Å². The standard InChI is InChI=1S/C22H43N5O5S/c1-6-14(4)18(27-19(28)15(24)9-7-8-11-23)21(30)26-17(13(2)3)20(29)25-16(22(31)32)10-12-33-5/h13-18H,6-12,23-24H2,1-5H3,(H,25,29)(H,26,30)(H,27,28)(H,31,32). The number of hydrogen-bond acceptors (Lipinski definition) is 7. The number of amides is 3. The van der Waals surface area contributed by atoms with Crippen LogP contribution in [0.3, 0.4) is 0 Å². The molecule has 0 aliphatic carbocycles. The first-order chi connectivity index (χ1) is 15.5. The summed E-state index contributed by atoms with van der Waals surface area (Å²) in [6.45, 7) is 7.76. The van der Waals surface area contributed by atoms with Crippen LogP contribution in [0.2, 0.25) is 0 Å². The van der Waals surface area contributed by atoms with Gasteiger partial charge in [0.25, 0.3) is 0 Å². The van der Waals surface area contributed by atoms with E-state index in [1.54, 1.807) is 13.8 Å². The minimum absolute atomic E-state index is 0.200. The molecule has 5 unspecified atom stereocenters. The predicted molar refractivity (Wildman–Crippen MR) is 132 cm³/mol. The number of unbranched alkanes of at least 4 members (excludes halogenated alkanes) is 1. The SMILES string of the molecule is CCC(C)C(NC(=O)C(N)CCCCN)C(=O)NC(C(=O)NC(CCSC)C(=O)O)C(C)C. The Morgan fingerprint density at radius 2 is 1.48 bits per heavy atom. The van der Waals surface area contributed by atoms with Crippen LogP contribution in [-0.4, -0.2) is 71.5 Å². The zero-order valence-electron chi connectivity index (χ0n) is 20.6. The van der Waals surface area contributed by atoms with Gasteiger partial charge >= 0.3 is 5.97 Å². The maximum Gasteiger partial charge on any atom is 0.326 e. The molecule has 0 aliphatic rings.